The second-order valence-corrected chi connectivity index (χ2v) is 3.11. The second kappa shape index (κ2) is 9.14. The fourth-order valence-corrected chi connectivity index (χ4v) is 1.46. The second-order valence-electron chi connectivity index (χ2n) is 3.11. The Balaban J connectivity index is 0.00000128. The third-order valence-corrected chi connectivity index (χ3v) is 2.15. The minimum atomic E-state index is -1.16. The van der Waals surface area contributed by atoms with Crippen molar-refractivity contribution in [2.75, 3.05) is 0 Å². The fourth-order valence-electron chi connectivity index (χ4n) is 1.46. The summed E-state index contributed by atoms with van der Waals surface area (Å²) in [5.41, 5.74) is 1.59. The van der Waals surface area contributed by atoms with E-state index in [-0.39, 0.29) is 108 Å². The molecule has 0 aliphatic rings. The van der Waals surface area contributed by atoms with Gasteiger partial charge in [0.15, 0.2) is 0 Å². The molecule has 0 N–H and O–H groups in total. The third-order valence-electron chi connectivity index (χ3n) is 2.15. The number of aromatic carboxylic acids is 1. The molecule has 0 aliphatic carbocycles. The van der Waals surface area contributed by atoms with Crippen LogP contribution in [0, 0.1) is 6.07 Å². The van der Waals surface area contributed by atoms with Crippen molar-refractivity contribution in [1.29, 1.82) is 0 Å². The largest absolute Gasteiger partial charge is 1.00 e. The normalized spacial score (nSPS) is 8.71. The van der Waals surface area contributed by atoms with Gasteiger partial charge in [-0.1, -0.05) is 48.5 Å². The van der Waals surface area contributed by atoms with E-state index in [9.17, 15) is 9.90 Å². The van der Waals surface area contributed by atoms with E-state index in [1.165, 1.54) is 6.07 Å². The molecule has 0 aliphatic heterocycles. The number of carboxylic acids is 1. The van der Waals surface area contributed by atoms with Gasteiger partial charge in [-0.2, -0.15) is 0 Å². The first-order valence-electron chi connectivity index (χ1n) is 4.56. The summed E-state index contributed by atoms with van der Waals surface area (Å²) >= 11 is 0. The minimum Gasteiger partial charge on any atom is -0.545 e. The van der Waals surface area contributed by atoms with Gasteiger partial charge in [0.2, 0.25) is 0 Å². The van der Waals surface area contributed by atoms with Crippen LogP contribution in [0.3, 0.4) is 0 Å². The van der Waals surface area contributed by atoms with Crippen molar-refractivity contribution in [2.45, 2.75) is 0 Å². The quantitative estimate of drug-likeness (QED) is 0.603. The van der Waals surface area contributed by atoms with Crippen molar-refractivity contribution in [3.05, 3.63) is 60.2 Å². The van der Waals surface area contributed by atoms with Crippen LogP contribution in [0.25, 0.3) is 11.1 Å². The van der Waals surface area contributed by atoms with Crippen LogP contribution in [0.2, 0.25) is 0 Å². The van der Waals surface area contributed by atoms with Crippen LogP contribution in [0.15, 0.2) is 48.5 Å². The molecule has 0 heterocycles. The Morgan fingerprint density at radius 2 is 1.71 bits per heavy atom. The van der Waals surface area contributed by atoms with Crippen molar-refractivity contribution in [1.82, 2.24) is 0 Å². The molecule has 0 unspecified atom stereocenters. The summed E-state index contributed by atoms with van der Waals surface area (Å²) in [7, 11) is 0. The van der Waals surface area contributed by atoms with E-state index in [1.54, 1.807) is 24.3 Å². The molecule has 2 nitrogen and oxygen atoms in total. The number of benzene rings is 2. The van der Waals surface area contributed by atoms with Crippen molar-refractivity contribution in [3.8, 4) is 11.1 Å². The van der Waals surface area contributed by atoms with Gasteiger partial charge in [0.05, 0.1) is 5.97 Å². The van der Waals surface area contributed by atoms with Gasteiger partial charge < -0.3 is 9.90 Å². The predicted octanol–water partition coefficient (Wildman–Crippen LogP) is -1.86. The summed E-state index contributed by atoms with van der Waals surface area (Å²) in [5.74, 6) is -1.16. The van der Waals surface area contributed by atoms with Crippen LogP contribution in [0.4, 0.5) is 0 Å². The molecule has 0 bridgehead atoms. The van der Waals surface area contributed by atoms with Crippen LogP contribution < -0.4 is 56.5 Å². The predicted molar refractivity (Wildman–Crippen MR) is 60.8 cm³/mol. The number of rotatable bonds is 2. The molecule has 0 fully saturated rings. The summed E-state index contributed by atoms with van der Waals surface area (Å²) in [6.45, 7) is 0. The first-order valence-corrected chi connectivity index (χ1v) is 4.56. The third kappa shape index (κ3) is 4.99. The summed E-state index contributed by atoms with van der Waals surface area (Å²) in [6.07, 6.45) is 0. The Kier molecular flexibility index (Phi) is 9.78. The van der Waals surface area contributed by atoms with Crippen molar-refractivity contribution in [3.63, 3.8) is 0 Å². The molecule has 0 spiro atoms. The number of carboxylic acid groups (broad SMARTS) is 1. The van der Waals surface area contributed by atoms with Gasteiger partial charge in [0.25, 0.3) is 0 Å². The molecule has 17 heavy (non-hydrogen) atoms. The smallest absolute Gasteiger partial charge is 0.545 e. The van der Waals surface area contributed by atoms with Crippen LogP contribution in [0.5, 0.6) is 0 Å². The molecule has 0 atom stereocenters. The maximum atomic E-state index is 10.9. The Morgan fingerprint density at radius 1 is 1.06 bits per heavy atom. The average Bonchev–Trinajstić information content (AvgIpc) is 2.30. The van der Waals surface area contributed by atoms with Crippen molar-refractivity contribution < 1.29 is 61.3 Å². The summed E-state index contributed by atoms with van der Waals surface area (Å²) in [6, 6.07) is 17.0. The first-order chi connectivity index (χ1) is 7.29. The van der Waals surface area contributed by atoms with Crippen molar-refractivity contribution >= 4 is 57.4 Å². The summed E-state index contributed by atoms with van der Waals surface area (Å²) in [5, 5.41) is 10.9. The van der Waals surface area contributed by atoms with Gasteiger partial charge in [0, 0.05) is 56.9 Å². The Labute approximate surface area is 186 Å². The van der Waals surface area contributed by atoms with Crippen molar-refractivity contribution in [2.24, 2.45) is 0 Å². The molecule has 0 saturated heterocycles. The van der Waals surface area contributed by atoms with Gasteiger partial charge in [-0.3, -0.25) is 0 Å². The maximum absolute atomic E-state index is 10.9. The van der Waals surface area contributed by atoms with E-state index in [1.807, 2.05) is 18.2 Å². The molecule has 2 aromatic carbocycles. The molecule has 2 aromatic rings. The zero-order valence-corrected chi connectivity index (χ0v) is 16.2. The average molecular weight is 274 g/mol. The van der Waals surface area contributed by atoms with E-state index in [2.05, 4.69) is 6.07 Å². The Bertz CT molecular complexity index is 484. The van der Waals surface area contributed by atoms with E-state index in [0.717, 1.165) is 5.56 Å². The molecular formula is C13H8K2O2. The van der Waals surface area contributed by atoms with Gasteiger partial charge in [-0.15, -0.1) is 0 Å². The topological polar surface area (TPSA) is 40.1 Å². The van der Waals surface area contributed by atoms with E-state index in [4.69, 9.17) is 0 Å². The van der Waals surface area contributed by atoms with E-state index >= 15 is 0 Å². The number of hydrogen-bond donors (Lipinski definition) is 0. The van der Waals surface area contributed by atoms with Gasteiger partial charge in [0.1, 0.15) is 0 Å². The monoisotopic (exact) mass is 274 g/mol. The van der Waals surface area contributed by atoms with Crippen LogP contribution >= 0.6 is 0 Å². The zero-order valence-electron chi connectivity index (χ0n) is 9.94. The maximum Gasteiger partial charge on any atom is 1.00 e. The summed E-state index contributed by atoms with van der Waals surface area (Å²) < 4.78 is 0. The molecule has 2 rings (SSSR count). The van der Waals surface area contributed by atoms with Crippen LogP contribution in [-0.2, 0) is 0 Å². The summed E-state index contributed by atoms with van der Waals surface area (Å²) in [4.78, 5) is 10.9. The molecular weight excluding hydrogens is 266 g/mol. The SMILES string of the molecule is O=C([O-])c1ccccc1-c1[c]cccc1.[K+].[K]. The van der Waals surface area contributed by atoms with Gasteiger partial charge in [-0.05, 0) is 17.2 Å². The van der Waals surface area contributed by atoms with Crippen LogP contribution in [0.1, 0.15) is 10.4 Å². The number of hydrogen-bond acceptors (Lipinski definition) is 2. The molecule has 2 radical (unpaired) electrons. The first kappa shape index (κ1) is 18.2. The molecule has 4 heteroatoms. The van der Waals surface area contributed by atoms with Gasteiger partial charge in [-0.25, -0.2) is 0 Å². The van der Waals surface area contributed by atoms with E-state index in [0.29, 0.717) is 5.56 Å². The molecule has 74 valence electrons. The molecule has 0 aromatic heterocycles. The number of carbonyl (C=O) groups is 1. The zero-order chi connectivity index (χ0) is 10.7. The number of carbonyl (C=O) groups excluding carboxylic acids is 1. The van der Waals surface area contributed by atoms with Gasteiger partial charge >= 0.3 is 51.4 Å². The molecule has 0 amide bonds. The van der Waals surface area contributed by atoms with Crippen LogP contribution in [-0.4, -0.2) is 57.4 Å². The standard InChI is InChI=1S/C13H9O2.2K/c14-13(15)12-9-5-4-8-11(12)10-6-2-1-3-7-10;;/h1-6,8-9H,(H,14,15);;/q;;+1/p-1. The fraction of sp³-hybridized carbons (Fsp3) is 0. The van der Waals surface area contributed by atoms with E-state index < -0.39 is 5.97 Å². The Morgan fingerprint density at radius 3 is 2.29 bits per heavy atom. The molecule has 0 saturated carbocycles. The minimum absolute atomic E-state index is 0. The Hall–Kier alpha value is 1.18.